The zero-order chi connectivity index (χ0) is 24.4. The van der Waals surface area contributed by atoms with Crippen LogP contribution in [0.4, 0.5) is 4.39 Å². The van der Waals surface area contributed by atoms with E-state index in [1.807, 2.05) is 6.92 Å². The van der Waals surface area contributed by atoms with Gasteiger partial charge in [-0.05, 0) is 31.9 Å². The molecule has 3 atom stereocenters. The number of aliphatic hydroxyl groups is 1. The van der Waals surface area contributed by atoms with Gasteiger partial charge in [-0.25, -0.2) is 9.37 Å². The first-order valence-corrected chi connectivity index (χ1v) is 11.9. The maximum Gasteiger partial charge on any atom is 0.259 e. The van der Waals surface area contributed by atoms with E-state index in [-0.39, 0.29) is 41.7 Å². The van der Waals surface area contributed by atoms with Crippen LogP contribution in [-0.2, 0) is 4.79 Å². The second-order valence-corrected chi connectivity index (χ2v) is 9.53. The lowest BCUT2D eigenvalue weighted by atomic mass is 9.84. The van der Waals surface area contributed by atoms with E-state index in [2.05, 4.69) is 4.98 Å². The van der Waals surface area contributed by atoms with Gasteiger partial charge in [-0.1, -0.05) is 31.5 Å². The van der Waals surface area contributed by atoms with E-state index in [9.17, 15) is 19.1 Å². The number of benzene rings is 1. The van der Waals surface area contributed by atoms with Crippen molar-refractivity contribution in [1.29, 1.82) is 0 Å². The summed E-state index contributed by atoms with van der Waals surface area (Å²) in [5.74, 6) is -0.505. The highest BCUT2D eigenvalue weighted by Crippen LogP contribution is 2.32. The molecule has 0 bridgehead atoms. The molecule has 1 aliphatic heterocycles. The zero-order valence-corrected chi connectivity index (χ0v) is 19.9. The highest BCUT2D eigenvalue weighted by Gasteiger charge is 2.36. The molecule has 1 fully saturated rings. The van der Waals surface area contributed by atoms with E-state index in [1.165, 1.54) is 12.3 Å². The Morgan fingerprint density at radius 3 is 2.71 bits per heavy atom. The molecule has 182 valence electrons. The molecule has 2 amide bonds. The van der Waals surface area contributed by atoms with Crippen LogP contribution < -0.4 is 4.74 Å². The first-order valence-electron chi connectivity index (χ1n) is 11.9. The SMILES string of the molecule is C[C@H]1CN([C@@H](C)CO)C(=O)c2cc(-c3ccccc3F)cnc2O[C@@H]1CN(C)C(=O)C1CCC1. The molecule has 0 radical (unpaired) electrons. The first kappa shape index (κ1) is 24.1. The van der Waals surface area contributed by atoms with Gasteiger partial charge in [0.2, 0.25) is 11.8 Å². The normalized spacial score (nSPS) is 21.6. The Hall–Kier alpha value is -3.00. The number of nitrogens with zero attached hydrogens (tertiary/aromatic N) is 3. The Morgan fingerprint density at radius 1 is 1.32 bits per heavy atom. The van der Waals surface area contributed by atoms with Crippen LogP contribution in [0.3, 0.4) is 0 Å². The highest BCUT2D eigenvalue weighted by atomic mass is 19.1. The Morgan fingerprint density at radius 2 is 2.06 bits per heavy atom. The molecule has 1 aliphatic carbocycles. The van der Waals surface area contributed by atoms with Gasteiger partial charge in [-0.3, -0.25) is 9.59 Å². The lowest BCUT2D eigenvalue weighted by Gasteiger charge is -2.38. The van der Waals surface area contributed by atoms with Crippen molar-refractivity contribution in [3.63, 3.8) is 0 Å². The van der Waals surface area contributed by atoms with Crippen molar-refractivity contribution < 1.29 is 23.8 Å². The molecule has 8 heteroatoms. The molecule has 4 rings (SSSR count). The van der Waals surface area contributed by atoms with Crippen molar-refractivity contribution in [3.05, 3.63) is 47.9 Å². The minimum atomic E-state index is -0.423. The largest absolute Gasteiger partial charge is 0.472 e. The monoisotopic (exact) mass is 469 g/mol. The van der Waals surface area contributed by atoms with E-state index in [1.54, 1.807) is 48.0 Å². The van der Waals surface area contributed by atoms with Gasteiger partial charge >= 0.3 is 0 Å². The summed E-state index contributed by atoms with van der Waals surface area (Å²) in [6.45, 7) is 4.26. The summed E-state index contributed by atoms with van der Waals surface area (Å²) in [6, 6.07) is 7.49. The first-order chi connectivity index (χ1) is 16.3. The topological polar surface area (TPSA) is 83.0 Å². The molecular formula is C26H32FN3O4. The van der Waals surface area contributed by atoms with Crippen LogP contribution in [0.5, 0.6) is 5.88 Å². The van der Waals surface area contributed by atoms with Gasteiger partial charge in [-0.2, -0.15) is 0 Å². The number of aromatic nitrogens is 1. The highest BCUT2D eigenvalue weighted by molar-refractivity contribution is 5.98. The Bertz CT molecular complexity index is 1060. The third kappa shape index (κ3) is 4.78. The van der Waals surface area contributed by atoms with E-state index < -0.39 is 18.0 Å². The van der Waals surface area contributed by atoms with Crippen LogP contribution >= 0.6 is 0 Å². The molecule has 2 heterocycles. The third-order valence-electron chi connectivity index (χ3n) is 6.99. The number of amides is 2. The van der Waals surface area contributed by atoms with E-state index in [0.29, 0.717) is 24.2 Å². The Kier molecular flexibility index (Phi) is 7.16. The van der Waals surface area contributed by atoms with Gasteiger partial charge in [0.15, 0.2) is 0 Å². The minimum Gasteiger partial charge on any atom is -0.472 e. The molecule has 0 saturated heterocycles. The molecule has 1 N–H and O–H groups in total. The van der Waals surface area contributed by atoms with E-state index in [0.717, 1.165) is 19.3 Å². The molecule has 0 spiro atoms. The summed E-state index contributed by atoms with van der Waals surface area (Å²) in [6.07, 6.45) is 4.02. The Labute approximate surface area is 199 Å². The van der Waals surface area contributed by atoms with Gasteiger partial charge in [0, 0.05) is 42.8 Å². The van der Waals surface area contributed by atoms with Crippen molar-refractivity contribution in [2.45, 2.75) is 45.3 Å². The van der Waals surface area contributed by atoms with Crippen LogP contribution in [-0.4, -0.2) is 70.6 Å². The van der Waals surface area contributed by atoms with Crippen molar-refractivity contribution in [2.75, 3.05) is 26.7 Å². The lowest BCUT2D eigenvalue weighted by molar-refractivity contribution is -0.138. The molecule has 34 heavy (non-hydrogen) atoms. The van der Waals surface area contributed by atoms with Crippen molar-refractivity contribution in [2.24, 2.45) is 11.8 Å². The van der Waals surface area contributed by atoms with Crippen molar-refractivity contribution >= 4 is 11.8 Å². The van der Waals surface area contributed by atoms with Crippen LogP contribution in [0.15, 0.2) is 36.5 Å². The van der Waals surface area contributed by atoms with Crippen molar-refractivity contribution in [3.8, 4) is 17.0 Å². The average Bonchev–Trinajstić information content (AvgIpc) is 2.79. The molecule has 1 saturated carbocycles. The third-order valence-corrected chi connectivity index (χ3v) is 6.99. The fourth-order valence-corrected chi connectivity index (χ4v) is 4.49. The van der Waals surface area contributed by atoms with Gasteiger partial charge < -0.3 is 19.6 Å². The Balaban J connectivity index is 1.69. The second-order valence-electron chi connectivity index (χ2n) is 9.53. The van der Waals surface area contributed by atoms with Gasteiger partial charge in [0.25, 0.3) is 5.91 Å². The number of hydrogen-bond acceptors (Lipinski definition) is 5. The summed E-state index contributed by atoms with van der Waals surface area (Å²) in [5, 5.41) is 9.81. The van der Waals surface area contributed by atoms with E-state index in [4.69, 9.17) is 4.74 Å². The summed E-state index contributed by atoms with van der Waals surface area (Å²) < 4.78 is 20.7. The lowest BCUT2D eigenvalue weighted by Crippen LogP contribution is -2.51. The van der Waals surface area contributed by atoms with Crippen LogP contribution in [0.1, 0.15) is 43.5 Å². The van der Waals surface area contributed by atoms with E-state index >= 15 is 0 Å². The van der Waals surface area contributed by atoms with Gasteiger partial charge in [-0.15, -0.1) is 0 Å². The minimum absolute atomic E-state index is 0.0788. The summed E-state index contributed by atoms with van der Waals surface area (Å²) in [4.78, 5) is 34.0. The van der Waals surface area contributed by atoms with Crippen LogP contribution in [0.2, 0.25) is 0 Å². The van der Waals surface area contributed by atoms with Crippen molar-refractivity contribution in [1.82, 2.24) is 14.8 Å². The number of ether oxygens (including phenoxy) is 1. The predicted octanol–water partition coefficient (Wildman–Crippen LogP) is 3.37. The molecule has 0 unspecified atom stereocenters. The van der Waals surface area contributed by atoms with Crippen LogP contribution in [0, 0.1) is 17.7 Å². The number of halogens is 1. The molecule has 1 aromatic heterocycles. The van der Waals surface area contributed by atoms with Gasteiger partial charge in [0.05, 0.1) is 19.2 Å². The average molecular weight is 470 g/mol. The predicted molar refractivity (Wildman–Crippen MR) is 126 cm³/mol. The summed E-state index contributed by atoms with van der Waals surface area (Å²) in [7, 11) is 1.78. The number of carbonyl (C=O) groups excluding carboxylic acids is 2. The summed E-state index contributed by atoms with van der Waals surface area (Å²) in [5.41, 5.74) is 1.02. The smallest absolute Gasteiger partial charge is 0.259 e. The molecular weight excluding hydrogens is 437 g/mol. The molecule has 2 aromatic rings. The number of rotatable bonds is 6. The number of likely N-dealkylation sites (N-methyl/N-ethyl adjacent to an activating group) is 1. The number of carbonyl (C=O) groups is 2. The maximum absolute atomic E-state index is 14.4. The molecule has 2 aliphatic rings. The zero-order valence-electron chi connectivity index (χ0n) is 19.9. The fraction of sp³-hybridized carbons (Fsp3) is 0.500. The maximum atomic E-state index is 14.4. The molecule has 7 nitrogen and oxygen atoms in total. The number of aliphatic hydroxyl groups excluding tert-OH is 1. The number of hydrogen-bond donors (Lipinski definition) is 1. The van der Waals surface area contributed by atoms with Crippen LogP contribution in [0.25, 0.3) is 11.1 Å². The quantitative estimate of drug-likeness (QED) is 0.702. The second kappa shape index (κ2) is 10.1. The van der Waals surface area contributed by atoms with Gasteiger partial charge in [0.1, 0.15) is 17.5 Å². The number of pyridine rings is 1. The standard InChI is InChI=1S/C26H32FN3O4/c1-16-13-30(17(2)15-31)26(33)21-11-19(20-9-4-5-10-22(20)27)12-28-24(21)34-23(16)14-29(3)25(32)18-7-6-8-18/h4-5,9-12,16-18,23,31H,6-8,13-15H2,1-3H3/t16-,17-,23+/m0/s1. The number of fused-ring (bicyclic) bond motifs is 1. The molecule has 1 aromatic carbocycles. The summed E-state index contributed by atoms with van der Waals surface area (Å²) >= 11 is 0. The fourth-order valence-electron chi connectivity index (χ4n) is 4.49.